The van der Waals surface area contributed by atoms with Gasteiger partial charge in [0.2, 0.25) is 0 Å². The summed E-state index contributed by atoms with van der Waals surface area (Å²) in [5, 5.41) is 9.65. The molecule has 0 fully saturated rings. The highest BCUT2D eigenvalue weighted by Crippen LogP contribution is 2.14. The molecule has 0 aliphatic rings. The lowest BCUT2D eigenvalue weighted by Gasteiger charge is -2.31. The molecule has 0 aromatic heterocycles. The van der Waals surface area contributed by atoms with Crippen LogP contribution in [0.15, 0.2) is 97.2 Å². The number of ether oxygens (including phenoxy) is 3. The van der Waals surface area contributed by atoms with E-state index < -0.39 is 18.1 Å². The highest BCUT2D eigenvalue weighted by atomic mass is 16.6. The number of carbonyl (C=O) groups excluding carboxylic acids is 2. The molecule has 0 rings (SSSR count). The Hall–Kier alpha value is -3.75. The highest BCUT2D eigenvalue weighted by molar-refractivity contribution is 5.72. The molecule has 358 valence electrons. The lowest BCUT2D eigenvalue weighted by Crippen LogP contribution is -2.50. The van der Waals surface area contributed by atoms with Crippen LogP contribution in [0.5, 0.6) is 0 Å². The van der Waals surface area contributed by atoms with Crippen molar-refractivity contribution in [2.24, 2.45) is 0 Å². The van der Waals surface area contributed by atoms with Crippen LogP contribution in [0, 0.1) is 0 Å². The number of rotatable bonds is 43. The van der Waals surface area contributed by atoms with Crippen molar-refractivity contribution in [1.29, 1.82) is 0 Å². The minimum atomic E-state index is -0.887. The van der Waals surface area contributed by atoms with E-state index in [-0.39, 0.29) is 42.7 Å². The van der Waals surface area contributed by atoms with Gasteiger partial charge in [-0.15, -0.1) is 0 Å². The van der Waals surface area contributed by atoms with Gasteiger partial charge in [-0.05, 0) is 57.8 Å². The highest BCUT2D eigenvalue weighted by Gasteiger charge is 2.31. The number of hydrogen-bond acceptors (Lipinski definition) is 6. The third-order valence-electron chi connectivity index (χ3n) is 10.7. The Bertz CT molecular complexity index is 1350. The second kappa shape index (κ2) is 44.8. The van der Waals surface area contributed by atoms with Crippen LogP contribution in [0.1, 0.15) is 181 Å². The largest absolute Gasteiger partial charge is 0.477 e. The quantitative estimate of drug-likeness (QED) is 0.0214. The summed E-state index contributed by atoms with van der Waals surface area (Å²) < 4.78 is 17.3. The van der Waals surface area contributed by atoms with Gasteiger partial charge in [0.1, 0.15) is 6.61 Å². The number of quaternary nitrogens is 1. The molecule has 0 aliphatic carbocycles. The Balaban J connectivity index is 4.39. The molecule has 0 spiro atoms. The average molecular weight is 879 g/mol. The molecule has 0 aliphatic heterocycles. The zero-order valence-corrected chi connectivity index (χ0v) is 40.7. The van der Waals surface area contributed by atoms with Crippen LogP contribution in [-0.4, -0.2) is 80.6 Å². The van der Waals surface area contributed by atoms with E-state index in [9.17, 15) is 19.5 Å². The molecule has 0 aromatic carbocycles. The summed E-state index contributed by atoms with van der Waals surface area (Å²) in [6.07, 6.45) is 60.3. The predicted molar refractivity (Wildman–Crippen MR) is 266 cm³/mol. The van der Waals surface area contributed by atoms with Gasteiger partial charge in [-0.1, -0.05) is 201 Å². The molecule has 2 atom stereocenters. The number of aliphatic carboxylic acids is 1. The summed E-state index contributed by atoms with van der Waals surface area (Å²) in [4.78, 5) is 37.1. The zero-order valence-electron chi connectivity index (χ0n) is 40.7. The van der Waals surface area contributed by atoms with Gasteiger partial charge >= 0.3 is 17.9 Å². The molecule has 0 heterocycles. The van der Waals surface area contributed by atoms with Gasteiger partial charge in [0.15, 0.2) is 12.1 Å². The fourth-order valence-corrected chi connectivity index (χ4v) is 6.83. The van der Waals surface area contributed by atoms with Crippen LogP contribution in [-0.2, 0) is 28.6 Å². The van der Waals surface area contributed by atoms with Crippen molar-refractivity contribution in [3.05, 3.63) is 97.2 Å². The van der Waals surface area contributed by atoms with Gasteiger partial charge in [0.05, 0.1) is 34.4 Å². The van der Waals surface area contributed by atoms with Crippen molar-refractivity contribution in [3.8, 4) is 0 Å². The summed E-state index contributed by atoms with van der Waals surface area (Å²) >= 11 is 0. The van der Waals surface area contributed by atoms with Gasteiger partial charge in [0.25, 0.3) is 0 Å². The molecule has 0 radical (unpaired) electrons. The summed E-state index contributed by atoms with van der Waals surface area (Å²) in [5.74, 6) is -1.54. The van der Waals surface area contributed by atoms with Gasteiger partial charge in [-0.25, -0.2) is 4.79 Å². The molecule has 8 heteroatoms. The fourth-order valence-electron chi connectivity index (χ4n) is 6.83. The first-order chi connectivity index (χ1) is 30.6. The van der Waals surface area contributed by atoms with Gasteiger partial charge in [-0.3, -0.25) is 9.59 Å². The molecule has 0 aromatic rings. The van der Waals surface area contributed by atoms with Crippen LogP contribution in [0.3, 0.4) is 0 Å². The van der Waals surface area contributed by atoms with Crippen LogP contribution in [0.25, 0.3) is 0 Å². The van der Waals surface area contributed by atoms with Crippen LogP contribution < -0.4 is 0 Å². The standard InChI is InChI=1S/C55H91NO7/c1-6-8-10-12-14-16-18-20-22-24-26-28-29-31-33-35-37-39-41-43-45-53(57)62-50-51(49-61-48-47-52(55(59)60)56(3,4)5)63-54(58)46-44-42-40-38-36-34-32-30-27-25-23-21-19-17-15-13-11-9-7-2/h9,11,13,15,17,19,21,23,25-28,30,32,34,36,51-52H,6-8,10,12,14,16,18,20,22,24,29,31,33,35,37-50H2,1-5H3/p+1/b11-9+,15-13+,19-17+,23-21+,27-25+,28-26+,32-30+,36-34+. The summed E-state index contributed by atoms with van der Waals surface area (Å²) in [6.45, 7) is 4.53. The Morgan fingerprint density at radius 2 is 0.905 bits per heavy atom. The minimum absolute atomic E-state index is 0.0350. The van der Waals surface area contributed by atoms with E-state index in [0.717, 1.165) is 44.9 Å². The molecule has 1 N–H and O–H groups in total. The summed E-state index contributed by atoms with van der Waals surface area (Å²) in [7, 11) is 5.50. The van der Waals surface area contributed by atoms with E-state index in [1.807, 2.05) is 94.1 Å². The number of nitrogens with zero attached hydrogens (tertiary/aromatic N) is 1. The fraction of sp³-hybridized carbons (Fsp3) is 0.655. The normalized spacial score (nSPS) is 13.7. The number of carbonyl (C=O) groups is 3. The first kappa shape index (κ1) is 59.2. The number of carboxylic acids is 1. The Morgan fingerprint density at radius 3 is 1.38 bits per heavy atom. The summed E-state index contributed by atoms with van der Waals surface area (Å²) in [5.41, 5.74) is 0. The van der Waals surface area contributed by atoms with Crippen molar-refractivity contribution in [3.63, 3.8) is 0 Å². The second-order valence-corrected chi connectivity index (χ2v) is 17.5. The second-order valence-electron chi connectivity index (χ2n) is 17.5. The van der Waals surface area contributed by atoms with E-state index in [1.54, 1.807) is 0 Å². The molecule has 0 saturated carbocycles. The minimum Gasteiger partial charge on any atom is -0.477 e. The van der Waals surface area contributed by atoms with Gasteiger partial charge in [0, 0.05) is 19.3 Å². The van der Waals surface area contributed by atoms with Crippen molar-refractivity contribution in [1.82, 2.24) is 0 Å². The smallest absolute Gasteiger partial charge is 0.362 e. The van der Waals surface area contributed by atoms with Crippen molar-refractivity contribution < 1.29 is 38.2 Å². The summed E-state index contributed by atoms with van der Waals surface area (Å²) in [6, 6.07) is -0.630. The maximum absolute atomic E-state index is 12.8. The van der Waals surface area contributed by atoms with Crippen LogP contribution in [0.2, 0.25) is 0 Å². The van der Waals surface area contributed by atoms with Crippen LogP contribution >= 0.6 is 0 Å². The number of carboxylic acid groups (broad SMARTS) is 1. The van der Waals surface area contributed by atoms with Crippen molar-refractivity contribution in [2.75, 3.05) is 41.0 Å². The molecule has 8 nitrogen and oxygen atoms in total. The maximum atomic E-state index is 12.8. The third kappa shape index (κ3) is 43.3. The molecule has 0 saturated heterocycles. The lowest BCUT2D eigenvalue weighted by molar-refractivity contribution is -0.887. The Kier molecular flexibility index (Phi) is 42.2. The molecule has 2 unspecified atom stereocenters. The van der Waals surface area contributed by atoms with Crippen molar-refractivity contribution >= 4 is 17.9 Å². The number of allylic oxidation sites excluding steroid dienone is 16. The number of likely N-dealkylation sites (N-methyl/N-ethyl adjacent to an activating group) is 1. The van der Waals surface area contributed by atoms with E-state index >= 15 is 0 Å². The number of esters is 2. The predicted octanol–water partition coefficient (Wildman–Crippen LogP) is 14.2. The Labute approximate surface area is 386 Å². The topological polar surface area (TPSA) is 99.1 Å². The number of unbranched alkanes of at least 4 members (excludes halogenated alkanes) is 19. The van der Waals surface area contributed by atoms with E-state index in [1.165, 1.54) is 96.3 Å². The monoisotopic (exact) mass is 879 g/mol. The maximum Gasteiger partial charge on any atom is 0.362 e. The van der Waals surface area contributed by atoms with E-state index in [2.05, 4.69) is 38.2 Å². The van der Waals surface area contributed by atoms with Crippen LogP contribution in [0.4, 0.5) is 0 Å². The van der Waals surface area contributed by atoms with E-state index in [4.69, 9.17) is 14.2 Å². The van der Waals surface area contributed by atoms with Gasteiger partial charge in [-0.2, -0.15) is 0 Å². The molecule has 63 heavy (non-hydrogen) atoms. The van der Waals surface area contributed by atoms with E-state index in [0.29, 0.717) is 19.3 Å². The molecule has 0 bridgehead atoms. The average Bonchev–Trinajstić information content (AvgIpc) is 3.24. The first-order valence-electron chi connectivity index (χ1n) is 24.9. The first-order valence-corrected chi connectivity index (χ1v) is 24.9. The Morgan fingerprint density at radius 1 is 0.492 bits per heavy atom. The SMILES string of the molecule is CC/C=C/C=C/C=C/C=C/C=C/C=C/C=C/CCCCCC(=O)OC(COCCC(C(=O)O)[N+](C)(C)C)COC(=O)CCCCCCCCC/C=C/CCCCCCCCCCC. The molecular formula is C55H92NO7+. The lowest BCUT2D eigenvalue weighted by atomic mass is 10.1. The number of hydrogen-bond donors (Lipinski definition) is 1. The third-order valence-corrected chi connectivity index (χ3v) is 10.7. The molecular weight excluding hydrogens is 787 g/mol. The zero-order chi connectivity index (χ0) is 46.3. The molecule has 0 amide bonds. The van der Waals surface area contributed by atoms with Gasteiger partial charge < -0.3 is 23.8 Å². The van der Waals surface area contributed by atoms with Crippen molar-refractivity contribution in [2.45, 2.75) is 193 Å².